The Bertz CT molecular complexity index is 1090. The molecule has 4 nitrogen and oxygen atoms in total. The molecule has 2 N–H and O–H groups in total. The van der Waals surface area contributed by atoms with Gasteiger partial charge in [-0.1, -0.05) is 35.3 Å². The second-order valence-corrected chi connectivity index (χ2v) is 6.76. The van der Waals surface area contributed by atoms with E-state index in [0.717, 1.165) is 22.0 Å². The van der Waals surface area contributed by atoms with Crippen LogP contribution in [-0.4, -0.2) is 4.57 Å². The molecule has 124 valence electrons. The number of nitrogens with zero attached hydrogens (tertiary/aromatic N) is 2. The Morgan fingerprint density at radius 1 is 1.16 bits per heavy atom. The maximum atomic E-state index is 9.63. The van der Waals surface area contributed by atoms with Crippen molar-refractivity contribution in [3.8, 4) is 11.8 Å². The first-order valence-corrected chi connectivity index (χ1v) is 8.37. The maximum Gasteiger partial charge on any atom is 0.205 e. The first-order valence-electron chi connectivity index (χ1n) is 7.61. The summed E-state index contributed by atoms with van der Waals surface area (Å²) in [5.41, 5.74) is 9.18. The van der Waals surface area contributed by atoms with Crippen LogP contribution < -0.4 is 10.5 Å². The maximum absolute atomic E-state index is 9.63. The summed E-state index contributed by atoms with van der Waals surface area (Å²) in [6, 6.07) is 13.5. The van der Waals surface area contributed by atoms with Gasteiger partial charge in [0.1, 0.15) is 17.4 Å². The zero-order valence-electron chi connectivity index (χ0n) is 13.3. The third-order valence-electron chi connectivity index (χ3n) is 4.52. The lowest BCUT2D eigenvalue weighted by molar-refractivity contribution is 0.398. The lowest BCUT2D eigenvalue weighted by atomic mass is 9.83. The molecule has 0 saturated heterocycles. The van der Waals surface area contributed by atoms with Gasteiger partial charge in [0.25, 0.3) is 0 Å². The van der Waals surface area contributed by atoms with Crippen LogP contribution in [0.15, 0.2) is 54.1 Å². The van der Waals surface area contributed by atoms with E-state index in [9.17, 15) is 5.26 Å². The molecule has 0 radical (unpaired) electrons. The first kappa shape index (κ1) is 15.9. The molecule has 3 aromatic rings. The molecule has 1 aliphatic heterocycles. The molecule has 0 aliphatic carbocycles. The summed E-state index contributed by atoms with van der Waals surface area (Å²) in [6.45, 7) is 0. The lowest BCUT2D eigenvalue weighted by Gasteiger charge is -2.27. The number of rotatable bonds is 1. The van der Waals surface area contributed by atoms with Crippen LogP contribution in [0.25, 0.3) is 10.9 Å². The summed E-state index contributed by atoms with van der Waals surface area (Å²) in [6.07, 6.45) is 1.96. The SMILES string of the molecule is Cn1ccc2c3c(ccc21)C(c1ccc(Cl)c(Cl)c1)C(C#N)=C(N)O3. The standard InChI is InChI=1S/C19H13Cl2N3O/c1-24-7-6-11-16(24)5-3-12-17(10-2-4-14(20)15(21)8-10)13(9-22)19(23)25-18(11)12/h2-8,17H,23H2,1H3. The lowest BCUT2D eigenvalue weighted by Crippen LogP contribution is -2.21. The molecule has 0 spiro atoms. The quantitative estimate of drug-likeness (QED) is 0.675. The number of hydrogen-bond donors (Lipinski definition) is 1. The van der Waals surface area contributed by atoms with Crippen LogP contribution in [0.5, 0.6) is 5.75 Å². The number of hydrogen-bond acceptors (Lipinski definition) is 3. The highest BCUT2D eigenvalue weighted by Gasteiger charge is 2.32. The van der Waals surface area contributed by atoms with E-state index >= 15 is 0 Å². The van der Waals surface area contributed by atoms with Gasteiger partial charge in [0.2, 0.25) is 5.88 Å². The molecule has 6 heteroatoms. The molecule has 25 heavy (non-hydrogen) atoms. The van der Waals surface area contributed by atoms with Gasteiger partial charge >= 0.3 is 0 Å². The van der Waals surface area contributed by atoms with Crippen LogP contribution in [0.3, 0.4) is 0 Å². The minimum Gasteiger partial charge on any atom is -0.439 e. The molecule has 1 aliphatic rings. The molecule has 1 aromatic heterocycles. The molecule has 0 fully saturated rings. The van der Waals surface area contributed by atoms with Gasteiger partial charge in [0, 0.05) is 24.2 Å². The van der Waals surface area contributed by atoms with E-state index in [1.165, 1.54) is 0 Å². The third-order valence-corrected chi connectivity index (χ3v) is 5.26. The van der Waals surface area contributed by atoms with Crippen molar-refractivity contribution in [2.24, 2.45) is 12.8 Å². The van der Waals surface area contributed by atoms with Gasteiger partial charge < -0.3 is 15.0 Å². The van der Waals surface area contributed by atoms with Gasteiger partial charge in [-0.15, -0.1) is 0 Å². The van der Waals surface area contributed by atoms with E-state index in [0.29, 0.717) is 21.4 Å². The molecule has 2 aromatic carbocycles. The summed E-state index contributed by atoms with van der Waals surface area (Å²) >= 11 is 12.2. The fraction of sp³-hybridized carbons (Fsp3) is 0.105. The molecule has 4 rings (SSSR count). The second-order valence-electron chi connectivity index (χ2n) is 5.94. The number of nitrogens with two attached hydrogens (primary N) is 1. The summed E-state index contributed by atoms with van der Waals surface area (Å²) < 4.78 is 7.84. The van der Waals surface area contributed by atoms with Crippen molar-refractivity contribution in [3.63, 3.8) is 0 Å². The second kappa shape index (κ2) is 5.73. The Morgan fingerprint density at radius 2 is 1.96 bits per heavy atom. The van der Waals surface area contributed by atoms with Crippen LogP contribution >= 0.6 is 23.2 Å². The number of fused-ring (bicyclic) bond motifs is 3. The van der Waals surface area contributed by atoms with E-state index < -0.39 is 0 Å². The fourth-order valence-electron chi connectivity index (χ4n) is 3.30. The summed E-state index contributed by atoms with van der Waals surface area (Å²) in [4.78, 5) is 0. The predicted octanol–water partition coefficient (Wildman–Crippen LogP) is 4.70. The normalized spacial score (nSPS) is 16.5. The number of halogens is 2. The number of ether oxygens (including phenoxy) is 1. The van der Waals surface area contributed by atoms with Gasteiger partial charge in [-0.3, -0.25) is 0 Å². The molecule has 0 saturated carbocycles. The van der Waals surface area contributed by atoms with Crippen molar-refractivity contribution in [2.45, 2.75) is 5.92 Å². The third kappa shape index (κ3) is 2.36. The van der Waals surface area contributed by atoms with Gasteiger partial charge in [0.05, 0.1) is 21.5 Å². The van der Waals surface area contributed by atoms with Crippen molar-refractivity contribution >= 4 is 34.1 Å². The number of aromatic nitrogens is 1. The molecule has 0 bridgehead atoms. The molecule has 1 unspecified atom stereocenters. The fourth-order valence-corrected chi connectivity index (χ4v) is 3.61. The number of benzene rings is 2. The van der Waals surface area contributed by atoms with Crippen LogP contribution in [-0.2, 0) is 7.05 Å². The molecule has 0 amide bonds. The average molecular weight is 370 g/mol. The van der Waals surface area contributed by atoms with Crippen molar-refractivity contribution < 1.29 is 4.74 Å². The number of aryl methyl sites for hydroxylation is 1. The highest BCUT2D eigenvalue weighted by molar-refractivity contribution is 6.42. The molecular formula is C19H13Cl2N3O. The van der Waals surface area contributed by atoms with Gasteiger partial charge in [-0.05, 0) is 29.8 Å². The summed E-state index contributed by atoms with van der Waals surface area (Å²) in [7, 11) is 1.97. The first-order chi connectivity index (χ1) is 12.0. The Kier molecular flexibility index (Phi) is 3.64. The van der Waals surface area contributed by atoms with Crippen molar-refractivity contribution in [3.05, 3.63) is 75.2 Å². The average Bonchev–Trinajstić information content (AvgIpc) is 2.98. The Hall–Kier alpha value is -2.61. The van der Waals surface area contributed by atoms with Crippen LogP contribution in [0.1, 0.15) is 17.0 Å². The minimum atomic E-state index is -0.354. The topological polar surface area (TPSA) is 64.0 Å². The van der Waals surface area contributed by atoms with E-state index in [1.54, 1.807) is 12.1 Å². The van der Waals surface area contributed by atoms with Crippen LogP contribution in [0.2, 0.25) is 10.0 Å². The monoisotopic (exact) mass is 369 g/mol. The van der Waals surface area contributed by atoms with Crippen molar-refractivity contribution in [1.82, 2.24) is 4.57 Å². The summed E-state index contributed by atoms with van der Waals surface area (Å²) in [5.74, 6) is 0.432. The minimum absolute atomic E-state index is 0.113. The van der Waals surface area contributed by atoms with Crippen LogP contribution in [0, 0.1) is 11.3 Å². The number of nitriles is 1. The largest absolute Gasteiger partial charge is 0.439 e. The van der Waals surface area contributed by atoms with Gasteiger partial charge in [0.15, 0.2) is 0 Å². The summed E-state index contributed by atoms with van der Waals surface area (Å²) in [5, 5.41) is 11.5. The van der Waals surface area contributed by atoms with E-state index in [1.807, 2.05) is 42.1 Å². The zero-order chi connectivity index (χ0) is 17.7. The Morgan fingerprint density at radius 3 is 2.68 bits per heavy atom. The Balaban J connectivity index is 2.01. The molecular weight excluding hydrogens is 357 g/mol. The van der Waals surface area contributed by atoms with Gasteiger partial charge in [-0.25, -0.2) is 0 Å². The van der Waals surface area contributed by atoms with E-state index in [2.05, 4.69) is 6.07 Å². The molecule has 1 atom stereocenters. The van der Waals surface area contributed by atoms with Crippen molar-refractivity contribution in [1.29, 1.82) is 5.26 Å². The van der Waals surface area contributed by atoms with Gasteiger partial charge in [-0.2, -0.15) is 5.26 Å². The predicted molar refractivity (Wildman–Crippen MR) is 98.7 cm³/mol. The Labute approximate surface area is 154 Å². The zero-order valence-corrected chi connectivity index (χ0v) is 14.8. The van der Waals surface area contributed by atoms with E-state index in [4.69, 9.17) is 33.7 Å². The highest BCUT2D eigenvalue weighted by atomic mass is 35.5. The molecule has 2 heterocycles. The smallest absolute Gasteiger partial charge is 0.205 e. The number of allylic oxidation sites excluding steroid dienone is 1. The highest BCUT2D eigenvalue weighted by Crippen LogP contribution is 2.46. The van der Waals surface area contributed by atoms with Crippen LogP contribution in [0.4, 0.5) is 0 Å². The van der Waals surface area contributed by atoms with Crippen molar-refractivity contribution in [2.75, 3.05) is 0 Å². The van der Waals surface area contributed by atoms with E-state index in [-0.39, 0.29) is 11.8 Å².